The molecule has 2 rings (SSSR count). The summed E-state index contributed by atoms with van der Waals surface area (Å²) in [7, 11) is 3.39. The van der Waals surface area contributed by atoms with Gasteiger partial charge in [0.25, 0.3) is 5.91 Å². The molecule has 0 fully saturated rings. The number of guanidine groups is 1. The van der Waals surface area contributed by atoms with E-state index in [0.717, 1.165) is 18.1 Å². The number of carbonyl (C=O) groups is 1. The van der Waals surface area contributed by atoms with Gasteiger partial charge in [-0.05, 0) is 29.1 Å². The number of hydrogen-bond acceptors (Lipinski definition) is 3. The van der Waals surface area contributed by atoms with Gasteiger partial charge in [0.15, 0.2) is 5.96 Å². The zero-order valence-electron chi connectivity index (χ0n) is 15.6. The first-order valence-corrected chi connectivity index (χ1v) is 9.14. The van der Waals surface area contributed by atoms with Gasteiger partial charge in [-0.15, -0.1) is 35.3 Å². The first-order valence-electron chi connectivity index (χ1n) is 8.26. The van der Waals surface area contributed by atoms with Crippen LogP contribution in [0.1, 0.15) is 34.6 Å². The van der Waals surface area contributed by atoms with Crippen molar-refractivity contribution in [2.45, 2.75) is 25.8 Å². The van der Waals surface area contributed by atoms with Gasteiger partial charge in [0.1, 0.15) is 0 Å². The fourth-order valence-electron chi connectivity index (χ4n) is 2.43. The minimum Gasteiger partial charge on any atom is -0.356 e. The number of benzene rings is 1. The average molecular weight is 486 g/mol. The van der Waals surface area contributed by atoms with Crippen LogP contribution in [0.25, 0.3) is 0 Å². The Labute approximate surface area is 176 Å². The number of thiophene rings is 1. The number of aliphatic imine (C=N–C) groups is 1. The molecule has 0 saturated carbocycles. The Morgan fingerprint density at radius 1 is 1.19 bits per heavy atom. The van der Waals surface area contributed by atoms with Crippen molar-refractivity contribution < 1.29 is 4.79 Å². The summed E-state index contributed by atoms with van der Waals surface area (Å²) in [5, 5.41) is 11.4. The molecule has 0 saturated heterocycles. The van der Waals surface area contributed by atoms with Crippen LogP contribution in [0.5, 0.6) is 0 Å². The number of halogens is 1. The lowest BCUT2D eigenvalue weighted by Crippen LogP contribution is -2.42. The van der Waals surface area contributed by atoms with Crippen LogP contribution in [-0.4, -0.2) is 32.5 Å². The average Bonchev–Trinajstić information content (AvgIpc) is 3.17. The van der Waals surface area contributed by atoms with E-state index in [2.05, 4.69) is 52.3 Å². The molecule has 0 unspecified atom stereocenters. The minimum absolute atomic E-state index is 0. The third-order valence-corrected chi connectivity index (χ3v) is 5.22. The summed E-state index contributed by atoms with van der Waals surface area (Å²) >= 11 is 1.77. The molecule has 1 aromatic carbocycles. The largest absolute Gasteiger partial charge is 0.356 e. The summed E-state index contributed by atoms with van der Waals surface area (Å²) in [6.07, 6.45) is 0. The van der Waals surface area contributed by atoms with E-state index in [1.54, 1.807) is 31.5 Å². The summed E-state index contributed by atoms with van der Waals surface area (Å²) < 4.78 is 0. The molecule has 0 spiro atoms. The number of amides is 1. The van der Waals surface area contributed by atoms with Crippen molar-refractivity contribution in [2.24, 2.45) is 4.99 Å². The molecule has 7 heteroatoms. The van der Waals surface area contributed by atoms with Gasteiger partial charge < -0.3 is 16.0 Å². The summed E-state index contributed by atoms with van der Waals surface area (Å²) in [5.41, 5.74) is 1.72. The van der Waals surface area contributed by atoms with Crippen LogP contribution in [0.4, 0.5) is 0 Å². The molecule has 142 valence electrons. The van der Waals surface area contributed by atoms with Crippen LogP contribution in [0.3, 0.4) is 0 Å². The first-order chi connectivity index (χ1) is 12.0. The predicted molar refractivity (Wildman–Crippen MR) is 121 cm³/mol. The van der Waals surface area contributed by atoms with E-state index < -0.39 is 0 Å². The molecule has 0 radical (unpaired) electrons. The molecule has 0 aliphatic carbocycles. The monoisotopic (exact) mass is 486 g/mol. The Morgan fingerprint density at radius 2 is 1.96 bits per heavy atom. The molecule has 5 nitrogen and oxygen atoms in total. The maximum absolute atomic E-state index is 11.7. The summed E-state index contributed by atoms with van der Waals surface area (Å²) in [5.74, 6) is 0.664. The lowest BCUT2D eigenvalue weighted by Gasteiger charge is -2.25. The lowest BCUT2D eigenvalue weighted by molar-refractivity contribution is 0.0963. The van der Waals surface area contributed by atoms with Crippen LogP contribution in [0.15, 0.2) is 46.8 Å². The van der Waals surface area contributed by atoms with Crippen LogP contribution in [0, 0.1) is 0 Å². The number of rotatable bonds is 6. The molecule has 2 aromatic rings. The maximum atomic E-state index is 11.7. The highest BCUT2D eigenvalue weighted by Gasteiger charge is 2.21. The first kappa shape index (κ1) is 22.4. The van der Waals surface area contributed by atoms with Crippen LogP contribution in [0.2, 0.25) is 0 Å². The van der Waals surface area contributed by atoms with Crippen LogP contribution < -0.4 is 16.0 Å². The van der Waals surface area contributed by atoms with Crippen molar-refractivity contribution in [1.29, 1.82) is 0 Å². The Hall–Kier alpha value is -1.61. The van der Waals surface area contributed by atoms with Crippen LogP contribution in [-0.2, 0) is 12.0 Å². The van der Waals surface area contributed by atoms with Gasteiger partial charge in [-0.25, -0.2) is 0 Å². The van der Waals surface area contributed by atoms with E-state index in [1.165, 1.54) is 4.88 Å². The molecule has 0 atom stereocenters. The van der Waals surface area contributed by atoms with Gasteiger partial charge in [0.05, 0.1) is 0 Å². The van der Waals surface area contributed by atoms with E-state index >= 15 is 0 Å². The SMILES string of the molecule is CN=C(NCc1cccc(C(=O)NC)c1)NCC(C)(C)c1cccs1.I. The second-order valence-corrected chi connectivity index (χ2v) is 7.37. The van der Waals surface area contributed by atoms with Gasteiger partial charge in [-0.1, -0.05) is 32.0 Å². The summed E-state index contributed by atoms with van der Waals surface area (Å²) in [6.45, 7) is 5.81. The zero-order valence-corrected chi connectivity index (χ0v) is 18.8. The smallest absolute Gasteiger partial charge is 0.251 e. The highest BCUT2D eigenvalue weighted by Crippen LogP contribution is 2.26. The molecule has 1 aromatic heterocycles. The van der Waals surface area contributed by atoms with E-state index in [4.69, 9.17) is 0 Å². The highest BCUT2D eigenvalue weighted by atomic mass is 127. The van der Waals surface area contributed by atoms with Gasteiger partial charge in [-0.2, -0.15) is 0 Å². The molecule has 0 aliphatic rings. The number of hydrogen-bond donors (Lipinski definition) is 3. The molecule has 0 bridgehead atoms. The number of nitrogens with one attached hydrogen (secondary N) is 3. The molecule has 1 heterocycles. The standard InChI is InChI=1S/C19H26N4OS.HI/c1-19(2,16-9-6-10-25-16)13-23-18(21-4)22-12-14-7-5-8-15(11-14)17(24)20-3;/h5-11H,12-13H2,1-4H3,(H,20,24)(H2,21,22,23);1H. The summed E-state index contributed by atoms with van der Waals surface area (Å²) in [4.78, 5) is 17.3. The van der Waals surface area contributed by atoms with E-state index in [-0.39, 0.29) is 35.3 Å². The van der Waals surface area contributed by atoms with Gasteiger partial charge in [0, 0.05) is 43.0 Å². The highest BCUT2D eigenvalue weighted by molar-refractivity contribution is 14.0. The predicted octanol–water partition coefficient (Wildman–Crippen LogP) is 3.37. The van der Waals surface area contributed by atoms with Crippen molar-refractivity contribution in [3.63, 3.8) is 0 Å². The quantitative estimate of drug-likeness (QED) is 0.333. The third-order valence-electron chi connectivity index (χ3n) is 3.99. The normalized spacial score (nSPS) is 11.5. The second-order valence-electron chi connectivity index (χ2n) is 6.42. The van der Waals surface area contributed by atoms with Gasteiger partial charge in [-0.3, -0.25) is 9.79 Å². The third kappa shape index (κ3) is 6.28. The second kappa shape index (κ2) is 10.5. The Kier molecular flexibility index (Phi) is 9.07. The van der Waals surface area contributed by atoms with E-state index in [9.17, 15) is 4.79 Å². The Balaban J connectivity index is 0.00000338. The fraction of sp³-hybridized carbons (Fsp3) is 0.368. The van der Waals surface area contributed by atoms with Crippen LogP contribution >= 0.6 is 35.3 Å². The van der Waals surface area contributed by atoms with E-state index in [0.29, 0.717) is 12.1 Å². The molecular formula is C19H27IN4OS. The Morgan fingerprint density at radius 3 is 2.58 bits per heavy atom. The lowest BCUT2D eigenvalue weighted by atomic mass is 9.91. The number of nitrogens with zero attached hydrogens (tertiary/aromatic N) is 1. The maximum Gasteiger partial charge on any atom is 0.251 e. The minimum atomic E-state index is -0.0814. The van der Waals surface area contributed by atoms with E-state index in [1.807, 2.05) is 18.2 Å². The molecule has 3 N–H and O–H groups in total. The molecule has 0 aliphatic heterocycles. The fourth-order valence-corrected chi connectivity index (χ4v) is 3.28. The van der Waals surface area contributed by atoms with Gasteiger partial charge >= 0.3 is 0 Å². The molecule has 26 heavy (non-hydrogen) atoms. The molecular weight excluding hydrogens is 459 g/mol. The Bertz CT molecular complexity index is 729. The van der Waals surface area contributed by atoms with Gasteiger partial charge in [0.2, 0.25) is 0 Å². The van der Waals surface area contributed by atoms with Crippen molar-refractivity contribution >= 4 is 47.2 Å². The molecule has 1 amide bonds. The topological polar surface area (TPSA) is 65.5 Å². The zero-order chi connectivity index (χ0) is 18.3. The summed E-state index contributed by atoms with van der Waals surface area (Å²) in [6, 6.07) is 11.8. The van der Waals surface area contributed by atoms with Crippen molar-refractivity contribution in [3.05, 3.63) is 57.8 Å². The van der Waals surface area contributed by atoms with Crippen molar-refractivity contribution in [2.75, 3.05) is 20.6 Å². The van der Waals surface area contributed by atoms with Crippen molar-refractivity contribution in [3.8, 4) is 0 Å². The number of carbonyl (C=O) groups excluding carboxylic acids is 1. The van der Waals surface area contributed by atoms with Crippen molar-refractivity contribution in [1.82, 2.24) is 16.0 Å².